The fourth-order valence-corrected chi connectivity index (χ4v) is 3.96. The summed E-state index contributed by atoms with van der Waals surface area (Å²) in [5.74, 6) is -3.65. The summed E-state index contributed by atoms with van der Waals surface area (Å²) >= 11 is 0. The van der Waals surface area contributed by atoms with Gasteiger partial charge in [-0.05, 0) is 91.1 Å². The lowest BCUT2D eigenvalue weighted by Gasteiger charge is -2.24. The summed E-state index contributed by atoms with van der Waals surface area (Å²) in [7, 11) is 0. The Morgan fingerprint density at radius 1 is 0.769 bits per heavy atom. The number of halogens is 6. The molecule has 4 rings (SSSR count). The fourth-order valence-electron chi connectivity index (χ4n) is 3.96. The van der Waals surface area contributed by atoms with Gasteiger partial charge in [-0.3, -0.25) is 0 Å². The van der Waals surface area contributed by atoms with Crippen LogP contribution in [0.5, 0.6) is 11.5 Å². The van der Waals surface area contributed by atoms with Crippen molar-refractivity contribution in [3.63, 3.8) is 0 Å². The van der Waals surface area contributed by atoms with Gasteiger partial charge >= 0.3 is 12.2 Å². The van der Waals surface area contributed by atoms with E-state index in [2.05, 4.69) is 9.47 Å². The second-order valence-electron chi connectivity index (χ2n) is 8.66. The molecule has 1 atom stereocenters. The first-order valence-electron chi connectivity index (χ1n) is 11.5. The fraction of sp³-hybridized carbons (Fsp3) is 0.172. The number of benzene rings is 3. The molecule has 0 N–H and O–H groups in total. The van der Waals surface area contributed by atoms with E-state index in [1.807, 2.05) is 12.1 Å². The van der Waals surface area contributed by atoms with Gasteiger partial charge in [0.2, 0.25) is 0 Å². The summed E-state index contributed by atoms with van der Waals surface area (Å²) in [5.41, 5.74) is -1.27. The summed E-state index contributed by atoms with van der Waals surface area (Å²) in [4.78, 5) is 0. The van der Waals surface area contributed by atoms with Crippen molar-refractivity contribution in [2.75, 3.05) is 0 Å². The van der Waals surface area contributed by atoms with Gasteiger partial charge < -0.3 is 9.47 Å². The molecule has 0 bridgehead atoms. The molecule has 3 aromatic carbocycles. The molecular formula is C29H18F6N2O2. The lowest BCUT2D eigenvalue weighted by atomic mass is 9.89. The van der Waals surface area contributed by atoms with Crippen LogP contribution in [0.2, 0.25) is 0 Å². The van der Waals surface area contributed by atoms with Crippen molar-refractivity contribution in [1.29, 1.82) is 10.5 Å². The van der Waals surface area contributed by atoms with Crippen LogP contribution in [-0.2, 0) is 12.5 Å². The minimum absolute atomic E-state index is 0.00149. The van der Waals surface area contributed by atoms with Crippen LogP contribution < -0.4 is 9.47 Å². The Hall–Kier alpha value is -4.70. The van der Waals surface area contributed by atoms with Crippen LogP contribution in [0.25, 0.3) is 0 Å². The van der Waals surface area contributed by atoms with E-state index in [1.165, 1.54) is 30.3 Å². The number of allylic oxidation sites excluding steroid dienone is 2. The Kier molecular flexibility index (Phi) is 7.68. The third kappa shape index (κ3) is 6.42. The first kappa shape index (κ1) is 27.3. The van der Waals surface area contributed by atoms with Crippen LogP contribution in [0.3, 0.4) is 0 Å². The molecule has 0 saturated heterocycles. The molecule has 0 spiro atoms. The summed E-state index contributed by atoms with van der Waals surface area (Å²) in [6.07, 6.45) is -6.11. The standard InChI is InChI=1S/C29H18F6N2O2/c30-26-14-20(5-11-24(26)28(32,33)38-22-7-1-18(16-36)2-8-22)13-21-6-12-25(27(31)15-21)29(34,35)39-23-9-3-19(17-37)4-10-23/h1-5,7-12,14-15,21H,6,13H2. The average Bonchev–Trinajstić information content (AvgIpc) is 2.89. The van der Waals surface area contributed by atoms with Gasteiger partial charge in [-0.25, -0.2) is 8.78 Å². The number of ether oxygens (including phenoxy) is 2. The molecular weight excluding hydrogens is 522 g/mol. The van der Waals surface area contributed by atoms with Crippen molar-refractivity contribution >= 4 is 0 Å². The second-order valence-corrected chi connectivity index (χ2v) is 8.66. The predicted octanol–water partition coefficient (Wildman–Crippen LogP) is 7.71. The summed E-state index contributed by atoms with van der Waals surface area (Å²) in [5, 5.41) is 17.6. The average molecular weight is 540 g/mol. The van der Waals surface area contributed by atoms with Gasteiger partial charge in [-0.2, -0.15) is 28.1 Å². The van der Waals surface area contributed by atoms with Crippen LogP contribution in [-0.4, -0.2) is 6.11 Å². The smallest absolute Gasteiger partial charge is 0.429 e. The van der Waals surface area contributed by atoms with Crippen molar-refractivity contribution in [3.05, 3.63) is 118 Å². The molecule has 0 aromatic heterocycles. The number of nitrogens with zero attached hydrogens (tertiary/aromatic N) is 2. The van der Waals surface area contributed by atoms with Gasteiger partial charge in [0.05, 0.1) is 34.4 Å². The largest absolute Gasteiger partial charge is 0.429 e. The van der Waals surface area contributed by atoms with E-state index in [4.69, 9.17) is 10.5 Å². The molecule has 198 valence electrons. The SMILES string of the molecule is N#Cc1ccc(OC(F)(F)C2=CCC(Cc3ccc(C(F)(F)Oc4ccc(C#N)cc4)c(F)c3)C=C2F)cc1. The Morgan fingerprint density at radius 2 is 1.31 bits per heavy atom. The molecule has 10 heteroatoms. The monoisotopic (exact) mass is 540 g/mol. The molecule has 0 heterocycles. The highest BCUT2D eigenvalue weighted by atomic mass is 19.3. The maximum absolute atomic E-state index is 14.7. The molecule has 1 aliphatic carbocycles. The van der Waals surface area contributed by atoms with Crippen molar-refractivity contribution in [1.82, 2.24) is 0 Å². The maximum Gasteiger partial charge on any atom is 0.429 e. The van der Waals surface area contributed by atoms with Crippen molar-refractivity contribution < 1.29 is 35.8 Å². The van der Waals surface area contributed by atoms with Crippen LogP contribution in [0.15, 0.2) is 90.3 Å². The van der Waals surface area contributed by atoms with Crippen molar-refractivity contribution in [3.8, 4) is 23.6 Å². The quantitative estimate of drug-likeness (QED) is 0.275. The van der Waals surface area contributed by atoms with E-state index in [-0.39, 0.29) is 41.0 Å². The van der Waals surface area contributed by atoms with Crippen molar-refractivity contribution in [2.24, 2.45) is 5.92 Å². The molecule has 0 fully saturated rings. The van der Waals surface area contributed by atoms with Crippen LogP contribution >= 0.6 is 0 Å². The van der Waals surface area contributed by atoms with Crippen LogP contribution in [0, 0.1) is 34.4 Å². The predicted molar refractivity (Wildman–Crippen MR) is 128 cm³/mol. The third-order valence-corrected chi connectivity index (χ3v) is 5.88. The Labute approximate surface area is 219 Å². The van der Waals surface area contributed by atoms with Crippen LogP contribution in [0.1, 0.15) is 28.7 Å². The van der Waals surface area contributed by atoms with Crippen LogP contribution in [0.4, 0.5) is 26.3 Å². The highest BCUT2D eigenvalue weighted by molar-refractivity contribution is 5.39. The zero-order valence-corrected chi connectivity index (χ0v) is 20.0. The topological polar surface area (TPSA) is 66.0 Å². The summed E-state index contributed by atoms with van der Waals surface area (Å²) < 4.78 is 96.9. The Morgan fingerprint density at radius 3 is 1.79 bits per heavy atom. The molecule has 0 saturated carbocycles. The number of nitriles is 2. The maximum atomic E-state index is 14.7. The van der Waals surface area contributed by atoms with Gasteiger partial charge in [0.25, 0.3) is 0 Å². The van der Waals surface area contributed by atoms with E-state index in [0.717, 1.165) is 48.6 Å². The minimum atomic E-state index is -4.02. The van der Waals surface area contributed by atoms with Crippen molar-refractivity contribution in [2.45, 2.75) is 25.1 Å². The molecule has 0 radical (unpaired) electrons. The molecule has 0 aliphatic heterocycles. The first-order chi connectivity index (χ1) is 18.5. The lowest BCUT2D eigenvalue weighted by molar-refractivity contribution is -0.187. The molecule has 3 aromatic rings. The first-order valence-corrected chi connectivity index (χ1v) is 11.5. The zero-order valence-electron chi connectivity index (χ0n) is 20.0. The Balaban J connectivity index is 1.42. The van der Waals surface area contributed by atoms with E-state index in [0.29, 0.717) is 0 Å². The number of rotatable bonds is 8. The van der Waals surface area contributed by atoms with E-state index >= 15 is 0 Å². The molecule has 39 heavy (non-hydrogen) atoms. The molecule has 4 nitrogen and oxygen atoms in total. The normalized spacial score (nSPS) is 15.4. The molecule has 1 unspecified atom stereocenters. The van der Waals surface area contributed by atoms with Gasteiger partial charge in [0.15, 0.2) is 0 Å². The molecule has 0 amide bonds. The Bertz CT molecular complexity index is 1500. The number of alkyl halides is 4. The van der Waals surface area contributed by atoms with Gasteiger partial charge in [-0.15, -0.1) is 0 Å². The molecule has 1 aliphatic rings. The minimum Gasteiger partial charge on any atom is -0.429 e. The third-order valence-electron chi connectivity index (χ3n) is 5.88. The van der Waals surface area contributed by atoms with Gasteiger partial charge in [0.1, 0.15) is 23.1 Å². The second kappa shape index (κ2) is 11.0. The summed E-state index contributed by atoms with van der Waals surface area (Å²) in [6, 6.07) is 16.4. The number of hydrogen-bond acceptors (Lipinski definition) is 4. The zero-order chi connectivity index (χ0) is 28.2. The van der Waals surface area contributed by atoms with E-state index in [1.54, 1.807) is 0 Å². The van der Waals surface area contributed by atoms with Gasteiger partial charge in [-0.1, -0.05) is 12.1 Å². The number of hydrogen-bond donors (Lipinski definition) is 0. The lowest BCUT2D eigenvalue weighted by Crippen LogP contribution is -2.29. The van der Waals surface area contributed by atoms with E-state index in [9.17, 15) is 26.3 Å². The van der Waals surface area contributed by atoms with E-state index < -0.39 is 40.9 Å². The summed E-state index contributed by atoms with van der Waals surface area (Å²) in [6.45, 7) is 0. The van der Waals surface area contributed by atoms with Gasteiger partial charge in [0, 0.05) is 0 Å². The highest BCUT2D eigenvalue weighted by Crippen LogP contribution is 2.39. The highest BCUT2D eigenvalue weighted by Gasteiger charge is 2.41.